The van der Waals surface area contributed by atoms with Crippen LogP contribution < -0.4 is 4.74 Å². The first-order valence-electron chi connectivity index (χ1n) is 9.12. The number of hydrogen-bond donors (Lipinski definition) is 1. The second kappa shape index (κ2) is 8.48. The summed E-state index contributed by atoms with van der Waals surface area (Å²) in [5, 5.41) is 10.5. The fourth-order valence-corrected chi connectivity index (χ4v) is 3.82. The third-order valence-electron chi connectivity index (χ3n) is 4.61. The number of carbonyl (C=O) groups excluding carboxylic acids is 1. The molecule has 0 saturated heterocycles. The van der Waals surface area contributed by atoms with E-state index in [1.165, 1.54) is 0 Å². The second-order valence-corrected chi connectivity index (χ2v) is 7.14. The lowest BCUT2D eigenvalue weighted by Crippen LogP contribution is -2.09. The Morgan fingerprint density at radius 1 is 1.18 bits per heavy atom. The lowest BCUT2D eigenvalue weighted by Gasteiger charge is -2.11. The van der Waals surface area contributed by atoms with Crippen molar-refractivity contribution >= 4 is 34.3 Å². The van der Waals surface area contributed by atoms with Gasteiger partial charge in [-0.15, -0.1) is 0 Å². The number of ketones is 1. The SMILES string of the molecule is CCc1c(CC(C)=O)c2c(OCC(=O)O)cccc2n1Cc1cccc(Cl)c1. The van der Waals surface area contributed by atoms with E-state index in [-0.39, 0.29) is 12.2 Å². The van der Waals surface area contributed by atoms with Crippen LogP contribution >= 0.6 is 11.6 Å². The van der Waals surface area contributed by atoms with E-state index in [0.717, 1.165) is 34.1 Å². The number of rotatable bonds is 8. The van der Waals surface area contributed by atoms with Gasteiger partial charge in [-0.1, -0.05) is 36.7 Å². The zero-order chi connectivity index (χ0) is 20.3. The van der Waals surface area contributed by atoms with Gasteiger partial charge in [0.15, 0.2) is 6.61 Å². The van der Waals surface area contributed by atoms with Crippen molar-refractivity contribution in [1.82, 2.24) is 4.57 Å². The fourth-order valence-electron chi connectivity index (χ4n) is 3.60. The van der Waals surface area contributed by atoms with E-state index in [4.69, 9.17) is 21.4 Å². The van der Waals surface area contributed by atoms with Crippen LogP contribution in [0.2, 0.25) is 5.02 Å². The van der Waals surface area contributed by atoms with Crippen molar-refractivity contribution < 1.29 is 19.4 Å². The minimum atomic E-state index is -1.04. The van der Waals surface area contributed by atoms with Gasteiger partial charge in [-0.3, -0.25) is 4.79 Å². The molecule has 5 nitrogen and oxygen atoms in total. The van der Waals surface area contributed by atoms with E-state index in [1.54, 1.807) is 13.0 Å². The topological polar surface area (TPSA) is 68.5 Å². The van der Waals surface area contributed by atoms with Crippen molar-refractivity contribution in [2.45, 2.75) is 33.2 Å². The Balaban J connectivity index is 2.20. The third kappa shape index (κ3) is 4.20. The summed E-state index contributed by atoms with van der Waals surface area (Å²) in [6.07, 6.45) is 1.01. The predicted octanol–water partition coefficient (Wildman–Crippen LogP) is 4.50. The van der Waals surface area contributed by atoms with Crippen LogP contribution in [0.1, 0.15) is 30.7 Å². The minimum Gasteiger partial charge on any atom is -0.481 e. The van der Waals surface area contributed by atoms with Gasteiger partial charge in [0.1, 0.15) is 11.5 Å². The van der Waals surface area contributed by atoms with Gasteiger partial charge in [0.25, 0.3) is 0 Å². The summed E-state index contributed by atoms with van der Waals surface area (Å²) in [4.78, 5) is 22.9. The summed E-state index contributed by atoms with van der Waals surface area (Å²) in [7, 11) is 0. The molecule has 0 aliphatic heterocycles. The quantitative estimate of drug-likeness (QED) is 0.605. The minimum absolute atomic E-state index is 0.0459. The first kappa shape index (κ1) is 20.0. The number of aromatic nitrogens is 1. The summed E-state index contributed by atoms with van der Waals surface area (Å²) < 4.78 is 7.70. The molecule has 0 aliphatic carbocycles. The van der Waals surface area contributed by atoms with Crippen molar-refractivity contribution in [3.63, 3.8) is 0 Å². The van der Waals surface area contributed by atoms with Gasteiger partial charge in [0, 0.05) is 29.1 Å². The molecule has 2 aromatic carbocycles. The zero-order valence-corrected chi connectivity index (χ0v) is 16.6. The normalized spacial score (nSPS) is 11.0. The first-order chi connectivity index (χ1) is 13.4. The van der Waals surface area contributed by atoms with Gasteiger partial charge >= 0.3 is 5.97 Å². The summed E-state index contributed by atoms with van der Waals surface area (Å²) in [5.41, 5.74) is 3.89. The standard InChI is InChI=1S/C22H22ClNO4/c1-3-18-17(10-14(2)25)22-19(8-5-9-20(22)28-13-21(26)27)24(18)12-15-6-4-7-16(23)11-15/h4-9,11H,3,10,12-13H2,1-2H3,(H,26,27). The van der Waals surface area contributed by atoms with Crippen LogP contribution in [-0.2, 0) is 29.0 Å². The summed E-state index contributed by atoms with van der Waals surface area (Å²) in [6, 6.07) is 13.2. The molecule has 0 atom stereocenters. The van der Waals surface area contributed by atoms with Crippen molar-refractivity contribution in [2.24, 2.45) is 0 Å². The van der Waals surface area contributed by atoms with Gasteiger partial charge in [-0.2, -0.15) is 0 Å². The molecule has 0 amide bonds. The molecule has 0 radical (unpaired) electrons. The average molecular weight is 400 g/mol. The molecule has 0 fully saturated rings. The Bertz CT molecular complexity index is 1040. The summed E-state index contributed by atoms with van der Waals surface area (Å²) in [5.74, 6) is -0.514. The van der Waals surface area contributed by atoms with Crippen molar-refractivity contribution in [3.05, 3.63) is 64.3 Å². The predicted molar refractivity (Wildman–Crippen MR) is 109 cm³/mol. The highest BCUT2D eigenvalue weighted by molar-refractivity contribution is 6.30. The Labute approximate surface area is 168 Å². The van der Waals surface area contributed by atoms with Crippen molar-refractivity contribution in [3.8, 4) is 5.75 Å². The van der Waals surface area contributed by atoms with Crippen LogP contribution in [-0.4, -0.2) is 28.0 Å². The molecular weight excluding hydrogens is 378 g/mol. The molecule has 6 heteroatoms. The molecule has 1 aromatic heterocycles. The van der Waals surface area contributed by atoms with Crippen LogP contribution in [0.15, 0.2) is 42.5 Å². The summed E-state index contributed by atoms with van der Waals surface area (Å²) in [6.45, 7) is 3.77. The Kier molecular flexibility index (Phi) is 6.05. The molecule has 0 unspecified atom stereocenters. The van der Waals surface area contributed by atoms with Crippen LogP contribution in [0.5, 0.6) is 5.75 Å². The van der Waals surface area contributed by atoms with Gasteiger partial charge in [0.05, 0.1) is 5.52 Å². The molecule has 1 N–H and O–H groups in total. The van der Waals surface area contributed by atoms with Gasteiger partial charge < -0.3 is 14.4 Å². The lowest BCUT2D eigenvalue weighted by molar-refractivity contribution is -0.139. The lowest BCUT2D eigenvalue weighted by atomic mass is 10.0. The number of carbonyl (C=O) groups is 2. The zero-order valence-electron chi connectivity index (χ0n) is 15.9. The highest BCUT2D eigenvalue weighted by Crippen LogP contribution is 2.35. The van der Waals surface area contributed by atoms with Gasteiger partial charge in [-0.25, -0.2) is 4.79 Å². The fraction of sp³-hybridized carbons (Fsp3) is 0.273. The highest BCUT2D eigenvalue weighted by atomic mass is 35.5. The molecule has 28 heavy (non-hydrogen) atoms. The maximum absolute atomic E-state index is 12.0. The number of hydrogen-bond acceptors (Lipinski definition) is 3. The number of fused-ring (bicyclic) bond motifs is 1. The molecule has 0 aliphatic rings. The van der Waals surface area contributed by atoms with E-state index in [9.17, 15) is 9.59 Å². The Morgan fingerprint density at radius 3 is 2.57 bits per heavy atom. The molecule has 0 saturated carbocycles. The third-order valence-corrected chi connectivity index (χ3v) is 4.85. The molecule has 3 aromatic rings. The Morgan fingerprint density at radius 2 is 1.93 bits per heavy atom. The molecule has 1 heterocycles. The number of benzene rings is 2. The van der Waals surface area contributed by atoms with E-state index in [1.807, 2.05) is 43.3 Å². The molecule has 0 bridgehead atoms. The number of carboxylic acids is 1. The van der Waals surface area contributed by atoms with Crippen LogP contribution in [0.25, 0.3) is 10.9 Å². The number of Topliss-reactive ketones (excluding diaryl/α,β-unsaturated/α-hetero) is 1. The van der Waals surface area contributed by atoms with Crippen molar-refractivity contribution in [1.29, 1.82) is 0 Å². The monoisotopic (exact) mass is 399 g/mol. The van der Waals surface area contributed by atoms with E-state index < -0.39 is 12.6 Å². The number of carboxylic acid groups (broad SMARTS) is 1. The number of nitrogens with zero attached hydrogens (tertiary/aromatic N) is 1. The Hall–Kier alpha value is -2.79. The van der Waals surface area contributed by atoms with Crippen LogP contribution in [0.4, 0.5) is 0 Å². The molecule has 146 valence electrons. The maximum atomic E-state index is 12.0. The largest absolute Gasteiger partial charge is 0.481 e. The van der Waals surface area contributed by atoms with Gasteiger partial charge in [-0.05, 0) is 48.7 Å². The molecule has 0 spiro atoms. The average Bonchev–Trinajstić information content (AvgIpc) is 2.92. The number of aliphatic carboxylic acids is 1. The van der Waals surface area contributed by atoms with Gasteiger partial charge in [0.2, 0.25) is 0 Å². The van der Waals surface area contributed by atoms with E-state index >= 15 is 0 Å². The van der Waals surface area contributed by atoms with E-state index in [0.29, 0.717) is 17.3 Å². The van der Waals surface area contributed by atoms with Crippen molar-refractivity contribution in [2.75, 3.05) is 6.61 Å². The van der Waals surface area contributed by atoms with E-state index in [2.05, 4.69) is 4.57 Å². The molecule has 3 rings (SSSR count). The molecular formula is C22H22ClNO4. The second-order valence-electron chi connectivity index (χ2n) is 6.71. The smallest absolute Gasteiger partial charge is 0.341 e. The number of halogens is 1. The van der Waals surface area contributed by atoms with Crippen LogP contribution in [0.3, 0.4) is 0 Å². The highest BCUT2D eigenvalue weighted by Gasteiger charge is 2.21. The first-order valence-corrected chi connectivity index (χ1v) is 9.50. The maximum Gasteiger partial charge on any atom is 0.341 e. The van der Waals surface area contributed by atoms with Crippen LogP contribution in [0, 0.1) is 0 Å². The number of ether oxygens (including phenoxy) is 1. The summed E-state index contributed by atoms with van der Waals surface area (Å²) >= 11 is 6.14.